The Kier molecular flexibility index (Phi) is 6.94. The van der Waals surface area contributed by atoms with Crippen LogP contribution in [0.3, 0.4) is 0 Å². The zero-order chi connectivity index (χ0) is 21.1. The number of carbonyl (C=O) groups is 1. The number of benzene rings is 1. The van der Waals surface area contributed by atoms with Gasteiger partial charge in [-0.15, -0.1) is 23.1 Å². The molecule has 0 radical (unpaired) electrons. The van der Waals surface area contributed by atoms with Gasteiger partial charge in [-0.3, -0.25) is 4.79 Å². The van der Waals surface area contributed by atoms with Crippen LogP contribution in [0.5, 0.6) is 0 Å². The summed E-state index contributed by atoms with van der Waals surface area (Å²) in [6.45, 7) is 3.10. The lowest BCUT2D eigenvalue weighted by Crippen LogP contribution is -2.17. The summed E-state index contributed by atoms with van der Waals surface area (Å²) in [4.78, 5) is 12.5. The number of nitrogens with zero attached hydrogens (tertiary/aromatic N) is 1. The SMILES string of the molecule is CSc1sc(C(=O)N/N=C\c2cccc(C(F)(F)F)c2)cc1S(=O)(=O)C(C)C. The normalized spacial score (nSPS) is 12.7. The number of halogens is 3. The van der Waals surface area contributed by atoms with Crippen molar-refractivity contribution in [1.29, 1.82) is 0 Å². The molecule has 2 rings (SSSR count). The van der Waals surface area contributed by atoms with Gasteiger partial charge in [0.15, 0.2) is 9.84 Å². The van der Waals surface area contributed by atoms with Crippen LogP contribution in [0.15, 0.2) is 44.5 Å². The molecule has 0 fully saturated rings. The Balaban J connectivity index is 2.18. The number of nitrogens with one attached hydrogen (secondary N) is 1. The summed E-state index contributed by atoms with van der Waals surface area (Å²) in [6, 6.07) is 5.78. The summed E-state index contributed by atoms with van der Waals surface area (Å²) in [5.41, 5.74) is 1.54. The van der Waals surface area contributed by atoms with Crippen molar-refractivity contribution in [2.24, 2.45) is 5.10 Å². The van der Waals surface area contributed by atoms with E-state index in [4.69, 9.17) is 0 Å². The fourth-order valence-electron chi connectivity index (χ4n) is 2.08. The molecule has 1 N–H and O–H groups in total. The Morgan fingerprint density at radius 2 is 1.96 bits per heavy atom. The summed E-state index contributed by atoms with van der Waals surface area (Å²) in [5.74, 6) is -0.645. The van der Waals surface area contributed by atoms with Crippen LogP contribution in [0.1, 0.15) is 34.6 Å². The maximum absolute atomic E-state index is 12.7. The van der Waals surface area contributed by atoms with Crippen molar-refractivity contribution < 1.29 is 26.4 Å². The maximum atomic E-state index is 12.7. The average molecular weight is 451 g/mol. The van der Waals surface area contributed by atoms with Crippen LogP contribution in [0.2, 0.25) is 0 Å². The molecule has 0 aliphatic heterocycles. The van der Waals surface area contributed by atoms with E-state index in [2.05, 4.69) is 10.5 Å². The number of sulfone groups is 1. The predicted molar refractivity (Wildman–Crippen MR) is 105 cm³/mol. The van der Waals surface area contributed by atoms with Crippen molar-refractivity contribution >= 4 is 45.1 Å². The molecule has 2 aromatic rings. The van der Waals surface area contributed by atoms with E-state index in [9.17, 15) is 26.4 Å². The third-order valence-electron chi connectivity index (χ3n) is 3.60. The van der Waals surface area contributed by atoms with Crippen molar-refractivity contribution in [3.05, 3.63) is 46.3 Å². The van der Waals surface area contributed by atoms with Crippen LogP contribution in [0, 0.1) is 0 Å². The molecular formula is C17H17F3N2O3S3. The molecule has 5 nitrogen and oxygen atoms in total. The number of rotatable bonds is 6. The lowest BCUT2D eigenvalue weighted by atomic mass is 10.1. The number of hydrogen-bond donors (Lipinski definition) is 1. The van der Waals surface area contributed by atoms with E-state index in [-0.39, 0.29) is 15.3 Å². The summed E-state index contributed by atoms with van der Waals surface area (Å²) >= 11 is 2.23. The highest BCUT2D eigenvalue weighted by molar-refractivity contribution is 8.01. The Labute approximate surface area is 169 Å². The molecule has 0 bridgehead atoms. The molecule has 0 saturated heterocycles. The summed E-state index contributed by atoms with van der Waals surface area (Å²) in [5, 5.41) is 3.03. The quantitative estimate of drug-likeness (QED) is 0.401. The third kappa shape index (κ3) is 5.15. The van der Waals surface area contributed by atoms with Crippen molar-refractivity contribution in [1.82, 2.24) is 5.43 Å². The number of carbonyl (C=O) groups excluding carboxylic acids is 1. The summed E-state index contributed by atoms with van der Waals surface area (Å²) in [7, 11) is -3.55. The van der Waals surface area contributed by atoms with Crippen LogP contribution in [-0.2, 0) is 16.0 Å². The van der Waals surface area contributed by atoms with E-state index in [1.165, 1.54) is 30.0 Å². The summed E-state index contributed by atoms with van der Waals surface area (Å²) < 4.78 is 63.4. The van der Waals surface area contributed by atoms with E-state index in [1.54, 1.807) is 20.1 Å². The highest BCUT2D eigenvalue weighted by atomic mass is 32.2. The van der Waals surface area contributed by atoms with Gasteiger partial charge in [0.1, 0.15) is 0 Å². The van der Waals surface area contributed by atoms with Crippen LogP contribution in [0.4, 0.5) is 13.2 Å². The van der Waals surface area contributed by atoms with Gasteiger partial charge < -0.3 is 0 Å². The lowest BCUT2D eigenvalue weighted by molar-refractivity contribution is -0.137. The molecule has 11 heteroatoms. The maximum Gasteiger partial charge on any atom is 0.416 e. The topological polar surface area (TPSA) is 75.6 Å². The zero-order valence-corrected chi connectivity index (χ0v) is 17.5. The Bertz CT molecular complexity index is 997. The molecule has 1 heterocycles. The Morgan fingerprint density at radius 3 is 2.54 bits per heavy atom. The minimum absolute atomic E-state index is 0.0898. The van der Waals surface area contributed by atoms with E-state index in [1.807, 2.05) is 0 Å². The van der Waals surface area contributed by atoms with Crippen molar-refractivity contribution in [2.45, 2.75) is 34.4 Å². The molecule has 152 valence electrons. The fourth-order valence-corrected chi connectivity index (χ4v) is 5.79. The van der Waals surface area contributed by atoms with Gasteiger partial charge in [-0.05, 0) is 43.9 Å². The standard InChI is InChI=1S/C17H17F3N2O3S3/c1-10(2)28(24,25)14-8-13(27-16(14)26-3)15(23)22-21-9-11-5-4-6-12(7-11)17(18,19)20/h4-10H,1-3H3,(H,22,23)/b21-9-. The molecular weight excluding hydrogens is 433 g/mol. The first-order valence-corrected chi connectivity index (χ1v) is 11.5. The number of alkyl halides is 3. The first-order valence-electron chi connectivity index (χ1n) is 7.89. The van der Waals surface area contributed by atoms with Crippen molar-refractivity contribution in [3.8, 4) is 0 Å². The van der Waals surface area contributed by atoms with Gasteiger partial charge >= 0.3 is 6.18 Å². The van der Waals surface area contributed by atoms with Gasteiger partial charge in [0.05, 0.1) is 31.0 Å². The summed E-state index contributed by atoms with van der Waals surface area (Å²) in [6.07, 6.45) is -1.68. The highest BCUT2D eigenvalue weighted by Gasteiger charge is 2.30. The van der Waals surface area contributed by atoms with E-state index < -0.39 is 32.7 Å². The first kappa shape index (κ1) is 22.4. The second-order valence-electron chi connectivity index (χ2n) is 5.88. The molecule has 1 aromatic carbocycles. The van der Waals surface area contributed by atoms with Gasteiger partial charge in [0, 0.05) is 0 Å². The van der Waals surface area contributed by atoms with Gasteiger partial charge in [0.2, 0.25) is 0 Å². The molecule has 1 amide bonds. The Morgan fingerprint density at radius 1 is 1.29 bits per heavy atom. The van der Waals surface area contributed by atoms with E-state index >= 15 is 0 Å². The lowest BCUT2D eigenvalue weighted by Gasteiger charge is -2.06. The molecule has 28 heavy (non-hydrogen) atoms. The molecule has 0 atom stereocenters. The van der Waals surface area contributed by atoms with Crippen molar-refractivity contribution in [3.63, 3.8) is 0 Å². The van der Waals surface area contributed by atoms with E-state index in [0.717, 1.165) is 29.7 Å². The Hall–Kier alpha value is -1.85. The van der Waals surface area contributed by atoms with Crippen LogP contribution >= 0.6 is 23.1 Å². The average Bonchev–Trinajstić information content (AvgIpc) is 3.06. The minimum atomic E-state index is -4.48. The second-order valence-corrected chi connectivity index (χ2v) is 10.5. The van der Waals surface area contributed by atoms with Gasteiger partial charge in [-0.2, -0.15) is 18.3 Å². The second kappa shape index (κ2) is 8.66. The molecule has 1 aromatic heterocycles. The largest absolute Gasteiger partial charge is 0.416 e. The molecule has 0 aliphatic rings. The smallest absolute Gasteiger partial charge is 0.266 e. The van der Waals surface area contributed by atoms with Crippen LogP contribution in [0.25, 0.3) is 0 Å². The monoisotopic (exact) mass is 450 g/mol. The third-order valence-corrected chi connectivity index (χ3v) is 8.30. The number of amides is 1. The van der Waals surface area contributed by atoms with Gasteiger partial charge in [-0.1, -0.05) is 12.1 Å². The molecule has 0 unspecified atom stereocenters. The van der Waals surface area contributed by atoms with Crippen molar-refractivity contribution in [2.75, 3.05) is 6.26 Å². The first-order chi connectivity index (χ1) is 13.0. The number of thioether (sulfide) groups is 1. The molecule has 0 saturated carbocycles. The van der Waals surface area contributed by atoms with Crippen LogP contribution in [-0.4, -0.2) is 32.0 Å². The number of thiophene rings is 1. The molecule has 0 aliphatic carbocycles. The van der Waals surface area contributed by atoms with E-state index in [0.29, 0.717) is 4.21 Å². The highest BCUT2D eigenvalue weighted by Crippen LogP contribution is 2.35. The van der Waals surface area contributed by atoms with Gasteiger partial charge in [0.25, 0.3) is 5.91 Å². The predicted octanol–water partition coefficient (Wildman–Crippen LogP) is 4.43. The zero-order valence-electron chi connectivity index (χ0n) is 15.1. The minimum Gasteiger partial charge on any atom is -0.266 e. The fraction of sp³-hybridized carbons (Fsp3) is 0.294. The number of hydrogen-bond acceptors (Lipinski definition) is 6. The van der Waals surface area contributed by atoms with Crippen LogP contribution < -0.4 is 5.43 Å². The van der Waals surface area contributed by atoms with Gasteiger partial charge in [-0.25, -0.2) is 13.8 Å². The number of hydrazone groups is 1. The molecule has 0 spiro atoms.